The molecular formula is C25H23N3O5. The Kier molecular flexibility index (Phi) is 6.26. The Morgan fingerprint density at radius 1 is 0.818 bits per heavy atom. The summed E-state index contributed by atoms with van der Waals surface area (Å²) in [6.45, 7) is 0. The van der Waals surface area contributed by atoms with Crippen LogP contribution in [0.4, 0.5) is 0 Å². The molecule has 1 heterocycles. The summed E-state index contributed by atoms with van der Waals surface area (Å²) in [7, 11) is 6.19. The Morgan fingerprint density at radius 2 is 1.55 bits per heavy atom. The fourth-order valence-corrected chi connectivity index (χ4v) is 3.78. The molecule has 0 N–H and O–H groups in total. The summed E-state index contributed by atoms with van der Waals surface area (Å²) in [5.74, 6) is 1.93. The number of hydrogen-bond donors (Lipinski definition) is 0. The summed E-state index contributed by atoms with van der Waals surface area (Å²) in [6.07, 6.45) is 3.82. The molecule has 0 aliphatic carbocycles. The minimum Gasteiger partial charge on any atom is -0.497 e. The van der Waals surface area contributed by atoms with Gasteiger partial charge < -0.3 is 18.9 Å². The Morgan fingerprint density at radius 3 is 2.12 bits per heavy atom. The quantitative estimate of drug-likeness (QED) is 0.371. The standard InChI is InChI=1S/C25H23N3O5/c1-30-19-8-5-16(6-9-19)17-7-10-21(28-15-26-14-27-28)20(11-17)23-18(13-29)12-22(31-2)24(32-3)25(23)33-4/h5-15H,1-4H3. The summed E-state index contributed by atoms with van der Waals surface area (Å²) in [4.78, 5) is 16.2. The highest BCUT2D eigenvalue weighted by Crippen LogP contribution is 2.48. The van der Waals surface area contributed by atoms with Crippen molar-refractivity contribution in [1.29, 1.82) is 0 Å². The molecule has 4 aromatic rings. The lowest BCUT2D eigenvalue weighted by molar-refractivity contribution is 0.112. The zero-order chi connectivity index (χ0) is 23.4. The van der Waals surface area contributed by atoms with Gasteiger partial charge in [-0.2, -0.15) is 5.10 Å². The van der Waals surface area contributed by atoms with Gasteiger partial charge in [-0.15, -0.1) is 0 Å². The van der Waals surface area contributed by atoms with Crippen LogP contribution in [0, 0.1) is 0 Å². The maximum absolute atomic E-state index is 12.2. The lowest BCUT2D eigenvalue weighted by Gasteiger charge is -2.20. The van der Waals surface area contributed by atoms with Crippen LogP contribution in [0.3, 0.4) is 0 Å². The summed E-state index contributed by atoms with van der Waals surface area (Å²) in [6, 6.07) is 15.3. The smallest absolute Gasteiger partial charge is 0.203 e. The number of carbonyl (C=O) groups excluding carboxylic acids is 1. The van der Waals surface area contributed by atoms with E-state index in [1.807, 2.05) is 42.5 Å². The second-order valence-corrected chi connectivity index (χ2v) is 7.03. The highest BCUT2D eigenvalue weighted by Gasteiger charge is 2.24. The number of carbonyl (C=O) groups is 1. The molecule has 0 amide bonds. The minimum atomic E-state index is 0.382. The van der Waals surface area contributed by atoms with Gasteiger partial charge in [-0.25, -0.2) is 9.67 Å². The monoisotopic (exact) mass is 445 g/mol. The van der Waals surface area contributed by atoms with E-state index in [1.165, 1.54) is 27.7 Å². The van der Waals surface area contributed by atoms with Gasteiger partial charge in [0.1, 0.15) is 18.4 Å². The lowest BCUT2D eigenvalue weighted by Crippen LogP contribution is -2.04. The zero-order valence-corrected chi connectivity index (χ0v) is 18.7. The SMILES string of the molecule is COc1ccc(-c2ccc(-n3cncn3)c(-c3c(C=O)cc(OC)c(OC)c3OC)c2)cc1. The molecule has 0 atom stereocenters. The van der Waals surface area contributed by atoms with Gasteiger partial charge in [0.05, 0.1) is 34.1 Å². The van der Waals surface area contributed by atoms with Crippen LogP contribution in [-0.4, -0.2) is 49.5 Å². The molecule has 0 saturated carbocycles. The fraction of sp³-hybridized carbons (Fsp3) is 0.160. The van der Waals surface area contributed by atoms with Gasteiger partial charge in [0.25, 0.3) is 0 Å². The number of nitrogens with zero attached hydrogens (tertiary/aromatic N) is 3. The predicted molar refractivity (Wildman–Crippen MR) is 124 cm³/mol. The van der Waals surface area contributed by atoms with E-state index in [2.05, 4.69) is 10.1 Å². The summed E-state index contributed by atoms with van der Waals surface area (Å²) >= 11 is 0. The average molecular weight is 445 g/mol. The van der Waals surface area contributed by atoms with Crippen LogP contribution in [0.2, 0.25) is 0 Å². The molecule has 33 heavy (non-hydrogen) atoms. The van der Waals surface area contributed by atoms with E-state index in [-0.39, 0.29) is 0 Å². The van der Waals surface area contributed by atoms with Crippen LogP contribution in [0.25, 0.3) is 27.9 Å². The number of ether oxygens (including phenoxy) is 4. The summed E-state index contributed by atoms with van der Waals surface area (Å²) < 4.78 is 23.6. The highest BCUT2D eigenvalue weighted by atomic mass is 16.5. The number of rotatable bonds is 8. The van der Waals surface area contributed by atoms with Crippen molar-refractivity contribution in [2.24, 2.45) is 0 Å². The topological polar surface area (TPSA) is 84.7 Å². The molecule has 0 radical (unpaired) electrons. The summed E-state index contributed by atoms with van der Waals surface area (Å²) in [5, 5.41) is 4.29. The third-order valence-corrected chi connectivity index (χ3v) is 5.34. The lowest BCUT2D eigenvalue weighted by atomic mass is 9.93. The van der Waals surface area contributed by atoms with Crippen molar-refractivity contribution in [3.05, 3.63) is 66.7 Å². The summed E-state index contributed by atoms with van der Waals surface area (Å²) in [5.41, 5.74) is 4.30. The first-order chi connectivity index (χ1) is 16.1. The van der Waals surface area contributed by atoms with Crippen molar-refractivity contribution in [2.45, 2.75) is 0 Å². The molecule has 0 saturated heterocycles. The predicted octanol–water partition coefficient (Wildman–Crippen LogP) is 4.45. The van der Waals surface area contributed by atoms with E-state index in [9.17, 15) is 4.79 Å². The van der Waals surface area contributed by atoms with E-state index >= 15 is 0 Å². The van der Waals surface area contributed by atoms with Crippen molar-refractivity contribution in [1.82, 2.24) is 14.8 Å². The number of hydrogen-bond acceptors (Lipinski definition) is 7. The van der Waals surface area contributed by atoms with Crippen LogP contribution in [0.5, 0.6) is 23.0 Å². The van der Waals surface area contributed by atoms with Crippen LogP contribution in [-0.2, 0) is 0 Å². The van der Waals surface area contributed by atoms with E-state index in [0.29, 0.717) is 33.9 Å². The molecule has 0 aliphatic heterocycles. The van der Waals surface area contributed by atoms with Gasteiger partial charge in [0.2, 0.25) is 5.75 Å². The maximum atomic E-state index is 12.2. The van der Waals surface area contributed by atoms with Gasteiger partial charge >= 0.3 is 0 Å². The maximum Gasteiger partial charge on any atom is 0.203 e. The van der Waals surface area contributed by atoms with Crippen molar-refractivity contribution in [3.8, 4) is 50.9 Å². The number of aldehydes is 1. The minimum absolute atomic E-state index is 0.382. The Hall–Kier alpha value is -4.33. The highest BCUT2D eigenvalue weighted by molar-refractivity contribution is 5.96. The van der Waals surface area contributed by atoms with Crippen molar-refractivity contribution in [2.75, 3.05) is 28.4 Å². The molecule has 0 bridgehead atoms. The molecule has 3 aromatic carbocycles. The first kappa shape index (κ1) is 21.9. The Balaban J connectivity index is 2.03. The number of benzene rings is 3. The fourth-order valence-electron chi connectivity index (χ4n) is 3.78. The van der Waals surface area contributed by atoms with Gasteiger partial charge in [0, 0.05) is 16.7 Å². The molecular weight excluding hydrogens is 422 g/mol. The Labute approximate surface area is 191 Å². The third kappa shape index (κ3) is 3.98. The van der Waals surface area contributed by atoms with Gasteiger partial charge in [0.15, 0.2) is 17.8 Å². The molecule has 0 unspecified atom stereocenters. The second kappa shape index (κ2) is 9.44. The molecule has 0 fully saturated rings. The Bertz CT molecular complexity index is 1270. The van der Waals surface area contributed by atoms with E-state index in [1.54, 1.807) is 24.2 Å². The molecule has 8 nitrogen and oxygen atoms in total. The van der Waals surface area contributed by atoms with Gasteiger partial charge in [-0.3, -0.25) is 4.79 Å². The number of methoxy groups -OCH3 is 4. The van der Waals surface area contributed by atoms with Gasteiger partial charge in [-0.05, 0) is 41.5 Å². The largest absolute Gasteiger partial charge is 0.497 e. The second-order valence-electron chi connectivity index (χ2n) is 7.03. The number of aromatic nitrogens is 3. The zero-order valence-electron chi connectivity index (χ0n) is 18.7. The first-order valence-corrected chi connectivity index (χ1v) is 10.1. The van der Waals surface area contributed by atoms with Gasteiger partial charge in [-0.1, -0.05) is 18.2 Å². The van der Waals surface area contributed by atoms with Crippen LogP contribution >= 0.6 is 0 Å². The van der Waals surface area contributed by atoms with E-state index in [4.69, 9.17) is 18.9 Å². The van der Waals surface area contributed by atoms with E-state index < -0.39 is 0 Å². The first-order valence-electron chi connectivity index (χ1n) is 10.1. The van der Waals surface area contributed by atoms with Crippen LogP contribution in [0.15, 0.2) is 61.2 Å². The normalized spacial score (nSPS) is 10.5. The van der Waals surface area contributed by atoms with Crippen LogP contribution in [0.1, 0.15) is 10.4 Å². The molecule has 8 heteroatoms. The molecule has 0 aliphatic rings. The van der Waals surface area contributed by atoms with Crippen molar-refractivity contribution in [3.63, 3.8) is 0 Å². The molecule has 168 valence electrons. The molecule has 4 rings (SSSR count). The van der Waals surface area contributed by atoms with Crippen molar-refractivity contribution < 1.29 is 23.7 Å². The van der Waals surface area contributed by atoms with E-state index in [0.717, 1.165) is 28.8 Å². The molecule has 0 spiro atoms. The van der Waals surface area contributed by atoms with Crippen molar-refractivity contribution >= 4 is 6.29 Å². The average Bonchev–Trinajstić information content (AvgIpc) is 3.41. The molecule has 1 aromatic heterocycles. The third-order valence-electron chi connectivity index (χ3n) is 5.34. The van der Waals surface area contributed by atoms with Crippen LogP contribution < -0.4 is 18.9 Å².